The molecule has 15 nitrogen and oxygen atoms in total. The van der Waals surface area contributed by atoms with Gasteiger partial charge in [0, 0.05) is 58.3 Å². The van der Waals surface area contributed by atoms with Crippen LogP contribution in [0.2, 0.25) is 0 Å². The smallest absolute Gasteiger partial charge is 0.309 e. The van der Waals surface area contributed by atoms with Gasteiger partial charge < -0.3 is 38.3 Å². The highest BCUT2D eigenvalue weighted by Crippen LogP contribution is 2.73. The molecule has 284 valence electrons. The zero-order valence-electron chi connectivity index (χ0n) is 30.9. The van der Waals surface area contributed by atoms with Gasteiger partial charge in [-0.25, -0.2) is 0 Å². The highest BCUT2D eigenvalue weighted by atomic mass is 16.6. The Morgan fingerprint density at radius 2 is 1.45 bits per heavy atom. The maximum atomic E-state index is 15.4. The van der Waals surface area contributed by atoms with Crippen LogP contribution in [0, 0.1) is 35.0 Å². The first-order valence-corrected chi connectivity index (χ1v) is 17.6. The van der Waals surface area contributed by atoms with Crippen LogP contribution >= 0.6 is 0 Å². The number of Topliss-reactive ketones (excluding diaryl/α,β-unsaturated/α-hetero) is 1. The Balaban J connectivity index is 1.89. The van der Waals surface area contributed by atoms with Crippen molar-refractivity contribution < 1.29 is 71.8 Å². The van der Waals surface area contributed by atoms with Crippen LogP contribution in [-0.2, 0) is 66.7 Å². The molecule has 14 atom stereocenters. The Morgan fingerprint density at radius 1 is 0.843 bits per heavy atom. The van der Waals surface area contributed by atoms with Gasteiger partial charge in [-0.05, 0) is 33.6 Å². The standard InChI is InChI=1S/C36H50O15/c1-11-16(3)30(43)49-25-21-13-33(9,50-19(6)39)23(21)26-34(10)31(47-18(5)38)36(51-20(7)40)14-32(8,44)28(48-22(41)12-2)24(36)29(46-17(4)37)35(26,15-45-34)27(25)42/h16,21,23-26,28-29,31,44H,11-15H2,1-10H3/t16?,21-,23+,24-,25-,26+,28-,29-,31+,32+,33+,34-,35+,36-/m1/s1. The average molecular weight is 723 g/mol. The van der Waals surface area contributed by atoms with Gasteiger partial charge in [-0.15, -0.1) is 0 Å². The van der Waals surface area contributed by atoms with Crippen molar-refractivity contribution in [2.75, 3.05) is 6.61 Å². The number of carbonyl (C=O) groups is 7. The van der Waals surface area contributed by atoms with Crippen LogP contribution in [-0.4, -0.2) is 100 Å². The summed E-state index contributed by atoms with van der Waals surface area (Å²) in [6.45, 7) is 13.7. The molecule has 15 heteroatoms. The van der Waals surface area contributed by atoms with Crippen LogP contribution < -0.4 is 0 Å². The SMILES string of the molecule is CCC(=O)O[C@@H]1[C@@H]2[C@@H](OC(C)=O)[C@@]34CO[C@@](C)([C@H](OC(C)=O)[C@@]2(OC(C)=O)C[C@]1(C)O)[C@@H]3[C@@H]1[C@@H](C[C@]1(C)OC(C)=O)[C@@H](OC(=O)C(C)CC)C4=O. The molecule has 2 bridgehead atoms. The third-order valence-electron chi connectivity index (χ3n) is 12.1. The van der Waals surface area contributed by atoms with Gasteiger partial charge >= 0.3 is 35.8 Å². The summed E-state index contributed by atoms with van der Waals surface area (Å²) in [5, 5.41) is 12.1. The van der Waals surface area contributed by atoms with Crippen molar-refractivity contribution in [3.05, 3.63) is 0 Å². The molecule has 0 radical (unpaired) electrons. The molecule has 4 saturated carbocycles. The quantitative estimate of drug-likeness (QED) is 0.268. The van der Waals surface area contributed by atoms with Crippen molar-refractivity contribution in [3.63, 3.8) is 0 Å². The van der Waals surface area contributed by atoms with E-state index in [1.807, 2.05) is 0 Å². The van der Waals surface area contributed by atoms with Crippen LogP contribution in [0.5, 0.6) is 0 Å². The number of rotatable bonds is 9. The second-order valence-electron chi connectivity index (χ2n) is 15.7. The molecule has 0 aromatic rings. The molecule has 0 spiro atoms. The lowest BCUT2D eigenvalue weighted by atomic mass is 9.42. The summed E-state index contributed by atoms with van der Waals surface area (Å²) >= 11 is 0. The fourth-order valence-corrected chi connectivity index (χ4v) is 10.4. The van der Waals surface area contributed by atoms with E-state index >= 15 is 4.79 Å². The van der Waals surface area contributed by atoms with Gasteiger partial charge in [0.1, 0.15) is 29.0 Å². The second-order valence-corrected chi connectivity index (χ2v) is 15.7. The molecule has 5 rings (SSSR count). The lowest BCUT2D eigenvalue weighted by Crippen LogP contribution is -2.75. The minimum atomic E-state index is -2.13. The van der Waals surface area contributed by atoms with Gasteiger partial charge in [0.05, 0.1) is 23.9 Å². The summed E-state index contributed by atoms with van der Waals surface area (Å²) in [5.74, 6) is -10.0. The fraction of sp³-hybridized carbons (Fsp3) is 0.806. The number of esters is 6. The summed E-state index contributed by atoms with van der Waals surface area (Å²) in [6.07, 6.45) is -6.40. The number of ether oxygens (including phenoxy) is 7. The van der Waals surface area contributed by atoms with E-state index in [1.54, 1.807) is 27.7 Å². The van der Waals surface area contributed by atoms with E-state index in [-0.39, 0.29) is 12.8 Å². The average Bonchev–Trinajstić information content (AvgIpc) is 3.41. The van der Waals surface area contributed by atoms with Crippen LogP contribution in [0.1, 0.15) is 94.9 Å². The molecule has 0 amide bonds. The minimum absolute atomic E-state index is 0.116. The first-order valence-electron chi connectivity index (χ1n) is 17.6. The number of fused-ring (bicyclic) bond motifs is 2. The first-order chi connectivity index (χ1) is 23.6. The Morgan fingerprint density at radius 3 is 1.98 bits per heavy atom. The van der Waals surface area contributed by atoms with Crippen LogP contribution in [0.4, 0.5) is 0 Å². The molecule has 1 heterocycles. The largest absolute Gasteiger partial charge is 0.461 e. The van der Waals surface area contributed by atoms with Crippen molar-refractivity contribution in [2.24, 2.45) is 35.0 Å². The minimum Gasteiger partial charge on any atom is -0.461 e. The van der Waals surface area contributed by atoms with E-state index in [0.29, 0.717) is 6.42 Å². The zero-order chi connectivity index (χ0) is 38.2. The van der Waals surface area contributed by atoms with Crippen molar-refractivity contribution in [1.29, 1.82) is 0 Å². The topological polar surface area (TPSA) is 204 Å². The maximum Gasteiger partial charge on any atom is 0.309 e. The third-order valence-corrected chi connectivity index (χ3v) is 12.1. The summed E-state index contributed by atoms with van der Waals surface area (Å²) in [5.41, 5.74) is -9.14. The summed E-state index contributed by atoms with van der Waals surface area (Å²) in [7, 11) is 0. The molecule has 5 aliphatic rings. The molecule has 1 saturated heterocycles. The van der Waals surface area contributed by atoms with Crippen molar-refractivity contribution in [2.45, 2.75) is 142 Å². The molecule has 0 aromatic carbocycles. The number of aliphatic hydroxyl groups is 1. The van der Waals surface area contributed by atoms with Crippen molar-refractivity contribution >= 4 is 41.6 Å². The van der Waals surface area contributed by atoms with E-state index in [9.17, 15) is 33.9 Å². The van der Waals surface area contributed by atoms with Crippen molar-refractivity contribution in [3.8, 4) is 0 Å². The van der Waals surface area contributed by atoms with E-state index in [0.717, 1.165) is 20.8 Å². The zero-order valence-corrected chi connectivity index (χ0v) is 30.9. The second kappa shape index (κ2) is 12.8. The monoisotopic (exact) mass is 722 g/mol. The van der Waals surface area contributed by atoms with E-state index in [4.69, 9.17) is 33.2 Å². The molecule has 1 N–H and O–H groups in total. The predicted molar refractivity (Wildman–Crippen MR) is 171 cm³/mol. The van der Waals surface area contributed by atoms with E-state index in [2.05, 4.69) is 0 Å². The fourth-order valence-electron chi connectivity index (χ4n) is 10.4. The maximum absolute atomic E-state index is 15.4. The summed E-state index contributed by atoms with van der Waals surface area (Å²) < 4.78 is 42.9. The summed E-state index contributed by atoms with van der Waals surface area (Å²) in [6, 6.07) is 0. The molecule has 1 aliphatic heterocycles. The highest BCUT2D eigenvalue weighted by molar-refractivity contribution is 5.95. The Kier molecular flexibility index (Phi) is 9.71. The Bertz CT molecular complexity index is 1520. The Labute approximate surface area is 296 Å². The van der Waals surface area contributed by atoms with Gasteiger partial charge in [-0.1, -0.05) is 20.8 Å². The molecule has 51 heavy (non-hydrogen) atoms. The molecule has 5 fully saturated rings. The molecule has 0 aromatic heterocycles. The lowest BCUT2D eigenvalue weighted by molar-refractivity contribution is -0.262. The van der Waals surface area contributed by atoms with Gasteiger partial charge in [0.2, 0.25) is 0 Å². The van der Waals surface area contributed by atoms with Gasteiger partial charge in [-0.3, -0.25) is 33.6 Å². The highest BCUT2D eigenvalue weighted by Gasteiger charge is 2.87. The van der Waals surface area contributed by atoms with E-state index in [1.165, 1.54) is 20.8 Å². The van der Waals surface area contributed by atoms with Gasteiger partial charge in [0.25, 0.3) is 0 Å². The number of carbonyl (C=O) groups excluding carboxylic acids is 7. The first kappa shape index (κ1) is 38.6. The molecule has 1 unspecified atom stereocenters. The van der Waals surface area contributed by atoms with Crippen LogP contribution in [0.15, 0.2) is 0 Å². The number of ketones is 1. The number of hydrogen-bond acceptors (Lipinski definition) is 15. The van der Waals surface area contributed by atoms with E-state index < -0.39 is 136 Å². The molecular formula is C36H50O15. The molecular weight excluding hydrogens is 672 g/mol. The number of hydrogen-bond donors (Lipinski definition) is 1. The van der Waals surface area contributed by atoms with Gasteiger partial charge in [0.15, 0.2) is 23.6 Å². The van der Waals surface area contributed by atoms with Crippen LogP contribution in [0.3, 0.4) is 0 Å². The van der Waals surface area contributed by atoms with Crippen molar-refractivity contribution in [1.82, 2.24) is 0 Å². The summed E-state index contributed by atoms with van der Waals surface area (Å²) in [4.78, 5) is 93.9. The van der Waals surface area contributed by atoms with Gasteiger partial charge in [-0.2, -0.15) is 0 Å². The normalized spacial score (nSPS) is 43.9. The third kappa shape index (κ3) is 5.73. The predicted octanol–water partition coefficient (Wildman–Crippen LogP) is 2.15. The lowest BCUT2D eigenvalue weighted by Gasteiger charge is -2.64. The molecule has 4 aliphatic carbocycles. The Hall–Kier alpha value is -3.59. The van der Waals surface area contributed by atoms with Crippen LogP contribution in [0.25, 0.3) is 0 Å².